The molecule has 0 aromatic carbocycles. The SMILES string of the molecule is CCCNC(CN(C)C1CCOCC1)C1CCCCC1. The third kappa shape index (κ3) is 5.01. The molecule has 1 N–H and O–H groups in total. The molecule has 0 aromatic heterocycles. The Morgan fingerprint density at radius 2 is 1.80 bits per heavy atom. The lowest BCUT2D eigenvalue weighted by atomic mass is 9.83. The van der Waals surface area contributed by atoms with Gasteiger partial charge < -0.3 is 15.0 Å². The van der Waals surface area contributed by atoms with E-state index in [1.54, 1.807) is 0 Å². The average Bonchev–Trinajstić information content (AvgIpc) is 2.53. The minimum absolute atomic E-state index is 0.697. The summed E-state index contributed by atoms with van der Waals surface area (Å²) >= 11 is 0. The van der Waals surface area contributed by atoms with Gasteiger partial charge in [-0.1, -0.05) is 26.2 Å². The van der Waals surface area contributed by atoms with Crippen molar-refractivity contribution in [1.29, 1.82) is 0 Å². The van der Waals surface area contributed by atoms with Crippen LogP contribution in [0.2, 0.25) is 0 Å². The minimum Gasteiger partial charge on any atom is -0.381 e. The predicted octanol–water partition coefficient (Wildman–Crippen LogP) is 3.05. The lowest BCUT2D eigenvalue weighted by Gasteiger charge is -2.38. The molecule has 1 heterocycles. The molecule has 2 rings (SSSR count). The van der Waals surface area contributed by atoms with Gasteiger partial charge in [0.1, 0.15) is 0 Å². The normalized spacial score (nSPS) is 24.1. The number of hydrogen-bond acceptors (Lipinski definition) is 3. The topological polar surface area (TPSA) is 24.5 Å². The molecule has 1 saturated carbocycles. The van der Waals surface area contributed by atoms with Crippen molar-refractivity contribution >= 4 is 0 Å². The van der Waals surface area contributed by atoms with Gasteiger partial charge in [-0.05, 0) is 51.6 Å². The van der Waals surface area contributed by atoms with Crippen molar-refractivity contribution in [3.8, 4) is 0 Å². The van der Waals surface area contributed by atoms with Crippen molar-refractivity contribution in [3.05, 3.63) is 0 Å². The maximum atomic E-state index is 5.49. The van der Waals surface area contributed by atoms with E-state index < -0.39 is 0 Å². The van der Waals surface area contributed by atoms with E-state index in [0.29, 0.717) is 6.04 Å². The maximum Gasteiger partial charge on any atom is 0.0480 e. The van der Waals surface area contributed by atoms with Crippen LogP contribution in [-0.4, -0.2) is 50.3 Å². The highest BCUT2D eigenvalue weighted by molar-refractivity contribution is 4.84. The quantitative estimate of drug-likeness (QED) is 0.777. The molecule has 0 amide bonds. The average molecular weight is 282 g/mol. The number of ether oxygens (including phenoxy) is 1. The van der Waals surface area contributed by atoms with Crippen molar-refractivity contribution < 1.29 is 4.74 Å². The number of rotatable bonds is 7. The molecule has 0 radical (unpaired) electrons. The van der Waals surface area contributed by atoms with Crippen LogP contribution in [0.15, 0.2) is 0 Å². The molecule has 3 heteroatoms. The van der Waals surface area contributed by atoms with E-state index in [1.807, 2.05) is 0 Å². The Labute approximate surface area is 125 Å². The molecule has 3 nitrogen and oxygen atoms in total. The Morgan fingerprint density at radius 3 is 2.45 bits per heavy atom. The van der Waals surface area contributed by atoms with Crippen LogP contribution in [0, 0.1) is 5.92 Å². The van der Waals surface area contributed by atoms with Crippen molar-refractivity contribution in [3.63, 3.8) is 0 Å². The first-order valence-corrected chi connectivity index (χ1v) is 8.82. The van der Waals surface area contributed by atoms with Gasteiger partial charge in [0.05, 0.1) is 0 Å². The van der Waals surface area contributed by atoms with Crippen LogP contribution >= 0.6 is 0 Å². The van der Waals surface area contributed by atoms with Crippen molar-refractivity contribution in [2.75, 3.05) is 33.4 Å². The molecule has 2 aliphatic rings. The monoisotopic (exact) mass is 282 g/mol. The molecule has 0 bridgehead atoms. The Hall–Kier alpha value is -0.120. The first kappa shape index (κ1) is 16.3. The van der Waals surface area contributed by atoms with E-state index in [0.717, 1.165) is 25.2 Å². The standard InChI is InChI=1S/C17H34N2O/c1-3-11-18-17(15-7-5-4-6-8-15)14-19(2)16-9-12-20-13-10-16/h15-18H,3-14H2,1-2H3. The smallest absolute Gasteiger partial charge is 0.0480 e. The zero-order chi connectivity index (χ0) is 14.2. The molecule has 1 saturated heterocycles. The van der Waals surface area contributed by atoms with E-state index in [9.17, 15) is 0 Å². The summed E-state index contributed by atoms with van der Waals surface area (Å²) in [4.78, 5) is 2.60. The van der Waals surface area contributed by atoms with Crippen LogP contribution in [0.4, 0.5) is 0 Å². The Bertz CT molecular complexity index is 247. The van der Waals surface area contributed by atoms with Crippen molar-refractivity contribution in [1.82, 2.24) is 10.2 Å². The van der Waals surface area contributed by atoms with Crippen LogP contribution in [-0.2, 0) is 4.74 Å². The Morgan fingerprint density at radius 1 is 1.10 bits per heavy atom. The van der Waals surface area contributed by atoms with Crippen LogP contribution < -0.4 is 5.32 Å². The largest absolute Gasteiger partial charge is 0.381 e. The van der Waals surface area contributed by atoms with E-state index in [-0.39, 0.29) is 0 Å². The summed E-state index contributed by atoms with van der Waals surface area (Å²) in [7, 11) is 2.32. The van der Waals surface area contributed by atoms with Crippen LogP contribution in [0.1, 0.15) is 58.3 Å². The van der Waals surface area contributed by atoms with Crippen LogP contribution in [0.5, 0.6) is 0 Å². The van der Waals surface area contributed by atoms with Gasteiger partial charge in [0.25, 0.3) is 0 Å². The second-order valence-corrected chi connectivity index (χ2v) is 6.74. The lowest BCUT2D eigenvalue weighted by Crippen LogP contribution is -2.49. The highest BCUT2D eigenvalue weighted by Crippen LogP contribution is 2.27. The fourth-order valence-electron chi connectivity index (χ4n) is 3.83. The van der Waals surface area contributed by atoms with E-state index >= 15 is 0 Å². The van der Waals surface area contributed by atoms with Gasteiger partial charge in [-0.3, -0.25) is 0 Å². The van der Waals surface area contributed by atoms with Gasteiger partial charge in [-0.15, -0.1) is 0 Å². The molecule has 118 valence electrons. The second kappa shape index (κ2) is 9.01. The highest BCUT2D eigenvalue weighted by Gasteiger charge is 2.27. The molecular weight excluding hydrogens is 248 g/mol. The first-order valence-electron chi connectivity index (χ1n) is 8.82. The third-order valence-corrected chi connectivity index (χ3v) is 5.17. The Kier molecular flexibility index (Phi) is 7.32. The second-order valence-electron chi connectivity index (χ2n) is 6.74. The number of nitrogens with zero attached hydrogens (tertiary/aromatic N) is 1. The molecule has 1 unspecified atom stereocenters. The molecule has 1 aliphatic carbocycles. The highest BCUT2D eigenvalue weighted by atomic mass is 16.5. The minimum atomic E-state index is 0.697. The van der Waals surface area contributed by atoms with Crippen molar-refractivity contribution in [2.24, 2.45) is 5.92 Å². The molecular formula is C17H34N2O. The van der Waals surface area contributed by atoms with E-state index in [1.165, 1.54) is 64.5 Å². The summed E-state index contributed by atoms with van der Waals surface area (Å²) in [6.07, 6.45) is 10.9. The molecule has 1 atom stereocenters. The Balaban J connectivity index is 1.84. The summed E-state index contributed by atoms with van der Waals surface area (Å²) in [6.45, 7) is 6.56. The number of likely N-dealkylation sites (N-methyl/N-ethyl adjacent to an activating group) is 1. The van der Waals surface area contributed by atoms with Crippen molar-refractivity contribution in [2.45, 2.75) is 70.4 Å². The number of nitrogens with one attached hydrogen (secondary N) is 1. The molecule has 20 heavy (non-hydrogen) atoms. The summed E-state index contributed by atoms with van der Waals surface area (Å²) in [5, 5.41) is 3.84. The van der Waals surface area contributed by atoms with Gasteiger partial charge in [0.2, 0.25) is 0 Å². The third-order valence-electron chi connectivity index (χ3n) is 5.17. The zero-order valence-corrected chi connectivity index (χ0v) is 13.6. The summed E-state index contributed by atoms with van der Waals surface area (Å²) in [6, 6.07) is 1.43. The number of hydrogen-bond donors (Lipinski definition) is 1. The zero-order valence-electron chi connectivity index (χ0n) is 13.6. The summed E-state index contributed by atoms with van der Waals surface area (Å²) in [5.74, 6) is 0.901. The maximum absolute atomic E-state index is 5.49. The van der Waals surface area contributed by atoms with Gasteiger partial charge in [0.15, 0.2) is 0 Å². The van der Waals surface area contributed by atoms with Gasteiger partial charge >= 0.3 is 0 Å². The van der Waals surface area contributed by atoms with Crippen LogP contribution in [0.3, 0.4) is 0 Å². The first-order chi connectivity index (χ1) is 9.81. The molecule has 0 spiro atoms. The summed E-state index contributed by atoms with van der Waals surface area (Å²) < 4.78 is 5.49. The van der Waals surface area contributed by atoms with Gasteiger partial charge in [-0.25, -0.2) is 0 Å². The van der Waals surface area contributed by atoms with E-state index in [2.05, 4.69) is 24.2 Å². The summed E-state index contributed by atoms with van der Waals surface area (Å²) in [5.41, 5.74) is 0. The van der Waals surface area contributed by atoms with Gasteiger partial charge in [0, 0.05) is 31.8 Å². The fourth-order valence-corrected chi connectivity index (χ4v) is 3.83. The molecule has 1 aliphatic heterocycles. The molecule has 0 aromatic rings. The lowest BCUT2D eigenvalue weighted by molar-refractivity contribution is 0.0366. The van der Waals surface area contributed by atoms with E-state index in [4.69, 9.17) is 4.74 Å². The van der Waals surface area contributed by atoms with Crippen LogP contribution in [0.25, 0.3) is 0 Å². The van der Waals surface area contributed by atoms with Gasteiger partial charge in [-0.2, -0.15) is 0 Å². The fraction of sp³-hybridized carbons (Fsp3) is 1.00. The molecule has 2 fully saturated rings. The predicted molar refractivity (Wildman–Crippen MR) is 85.1 cm³/mol.